The Balaban J connectivity index is 1.55. The molecule has 0 unspecified atom stereocenters. The number of thioether (sulfide) groups is 1. The lowest BCUT2D eigenvalue weighted by atomic mass is 10.1. The molecule has 1 amide bonds. The SMILES string of the molecule is O=C(COC(=O)CS[C@@H]1CCS(=O)(=O)C1)NCCc1ccccc1. The van der Waals surface area contributed by atoms with Gasteiger partial charge in [-0.25, -0.2) is 8.42 Å². The molecule has 6 nitrogen and oxygen atoms in total. The van der Waals surface area contributed by atoms with Gasteiger partial charge in [-0.05, 0) is 18.4 Å². The molecule has 2 rings (SSSR count). The summed E-state index contributed by atoms with van der Waals surface area (Å²) in [6.45, 7) is 0.173. The molecule has 0 radical (unpaired) electrons. The number of rotatable bonds is 8. The standard InChI is InChI=1S/C16H21NO5S2/c18-15(17-8-6-13-4-2-1-3-5-13)10-22-16(19)11-23-14-7-9-24(20,21)12-14/h1-5,14H,6-12H2,(H,17,18)/t14-/m1/s1. The maximum Gasteiger partial charge on any atom is 0.316 e. The summed E-state index contributed by atoms with van der Waals surface area (Å²) in [5, 5.41) is 2.64. The fraction of sp³-hybridized carbons (Fsp3) is 0.500. The van der Waals surface area contributed by atoms with Gasteiger partial charge < -0.3 is 10.1 Å². The largest absolute Gasteiger partial charge is 0.455 e. The van der Waals surface area contributed by atoms with Crippen molar-refractivity contribution in [2.45, 2.75) is 18.1 Å². The second kappa shape index (κ2) is 9.08. The molecule has 8 heteroatoms. The lowest BCUT2D eigenvalue weighted by Crippen LogP contribution is -2.30. The van der Waals surface area contributed by atoms with Crippen molar-refractivity contribution in [2.75, 3.05) is 30.4 Å². The maximum absolute atomic E-state index is 11.6. The second-order valence-electron chi connectivity index (χ2n) is 5.58. The number of carbonyl (C=O) groups is 2. The maximum atomic E-state index is 11.6. The number of amides is 1. The summed E-state index contributed by atoms with van der Waals surface area (Å²) < 4.78 is 27.5. The summed E-state index contributed by atoms with van der Waals surface area (Å²) in [6.07, 6.45) is 1.28. The highest BCUT2D eigenvalue weighted by Gasteiger charge is 2.28. The number of hydrogen-bond acceptors (Lipinski definition) is 6. The van der Waals surface area contributed by atoms with Crippen molar-refractivity contribution in [3.63, 3.8) is 0 Å². The average molecular weight is 371 g/mol. The molecular formula is C16H21NO5S2. The van der Waals surface area contributed by atoms with Crippen LogP contribution in [-0.2, 0) is 30.6 Å². The minimum atomic E-state index is -2.94. The predicted octanol–water partition coefficient (Wildman–Crippen LogP) is 0.809. The fourth-order valence-corrected chi connectivity index (χ4v) is 5.75. The van der Waals surface area contributed by atoms with Gasteiger partial charge in [0.2, 0.25) is 0 Å². The molecule has 0 spiro atoms. The van der Waals surface area contributed by atoms with Gasteiger partial charge in [-0.2, -0.15) is 0 Å². The topological polar surface area (TPSA) is 89.5 Å². The van der Waals surface area contributed by atoms with Crippen LogP contribution in [0, 0.1) is 0 Å². The smallest absolute Gasteiger partial charge is 0.316 e. The van der Waals surface area contributed by atoms with E-state index in [4.69, 9.17) is 4.74 Å². The van der Waals surface area contributed by atoms with E-state index in [2.05, 4.69) is 5.32 Å². The van der Waals surface area contributed by atoms with Gasteiger partial charge in [0, 0.05) is 11.8 Å². The van der Waals surface area contributed by atoms with E-state index in [1.54, 1.807) is 0 Å². The Labute approximate surface area is 146 Å². The Morgan fingerprint density at radius 3 is 2.67 bits per heavy atom. The summed E-state index contributed by atoms with van der Waals surface area (Å²) in [6, 6.07) is 9.76. The average Bonchev–Trinajstić information content (AvgIpc) is 2.91. The molecule has 1 aromatic carbocycles. The molecule has 1 heterocycles. The second-order valence-corrected chi connectivity index (χ2v) is 9.10. The molecule has 132 valence electrons. The monoisotopic (exact) mass is 371 g/mol. The van der Waals surface area contributed by atoms with Crippen LogP contribution >= 0.6 is 11.8 Å². The Morgan fingerprint density at radius 2 is 2.00 bits per heavy atom. The van der Waals surface area contributed by atoms with Gasteiger partial charge in [-0.1, -0.05) is 30.3 Å². The van der Waals surface area contributed by atoms with Gasteiger partial charge in [-0.15, -0.1) is 11.8 Å². The van der Waals surface area contributed by atoms with Gasteiger partial charge in [-0.3, -0.25) is 9.59 Å². The lowest BCUT2D eigenvalue weighted by molar-refractivity contribution is -0.145. The molecule has 1 atom stereocenters. The highest BCUT2D eigenvalue weighted by Crippen LogP contribution is 2.24. The fourth-order valence-electron chi connectivity index (χ4n) is 2.31. The van der Waals surface area contributed by atoms with Crippen molar-refractivity contribution in [1.29, 1.82) is 0 Å². The molecule has 1 N–H and O–H groups in total. The number of benzene rings is 1. The third-order valence-electron chi connectivity index (χ3n) is 3.57. The zero-order valence-electron chi connectivity index (χ0n) is 13.3. The van der Waals surface area contributed by atoms with Crippen LogP contribution in [0.2, 0.25) is 0 Å². The van der Waals surface area contributed by atoms with Crippen LogP contribution in [-0.4, -0.2) is 56.0 Å². The Bertz CT molecular complexity index is 660. The van der Waals surface area contributed by atoms with Crippen LogP contribution in [0.25, 0.3) is 0 Å². The molecule has 0 aromatic heterocycles. The van der Waals surface area contributed by atoms with Crippen LogP contribution in [0.4, 0.5) is 0 Å². The Kier molecular flexibility index (Phi) is 7.11. The number of carbonyl (C=O) groups excluding carboxylic acids is 2. The summed E-state index contributed by atoms with van der Waals surface area (Å²) in [7, 11) is -2.94. The van der Waals surface area contributed by atoms with Gasteiger partial charge in [0.1, 0.15) is 0 Å². The predicted molar refractivity (Wildman–Crippen MR) is 93.6 cm³/mol. The molecule has 1 aliphatic heterocycles. The molecule has 0 aliphatic carbocycles. The first kappa shape index (κ1) is 18.8. The van der Waals surface area contributed by atoms with E-state index in [9.17, 15) is 18.0 Å². The van der Waals surface area contributed by atoms with Crippen molar-refractivity contribution in [2.24, 2.45) is 0 Å². The minimum Gasteiger partial charge on any atom is -0.455 e. The van der Waals surface area contributed by atoms with Crippen molar-refractivity contribution in [1.82, 2.24) is 5.32 Å². The van der Waals surface area contributed by atoms with Gasteiger partial charge in [0.25, 0.3) is 5.91 Å². The summed E-state index contributed by atoms with van der Waals surface area (Å²) in [4.78, 5) is 23.2. The number of sulfone groups is 1. The summed E-state index contributed by atoms with van der Waals surface area (Å²) in [5.74, 6) is -0.471. The Hall–Kier alpha value is -1.54. The summed E-state index contributed by atoms with van der Waals surface area (Å²) >= 11 is 1.28. The van der Waals surface area contributed by atoms with Crippen LogP contribution in [0.15, 0.2) is 30.3 Å². The van der Waals surface area contributed by atoms with E-state index in [0.717, 1.165) is 5.56 Å². The highest BCUT2D eigenvalue weighted by atomic mass is 32.2. The zero-order chi connectivity index (χ0) is 17.4. The number of nitrogens with one attached hydrogen (secondary N) is 1. The molecule has 0 bridgehead atoms. The lowest BCUT2D eigenvalue weighted by Gasteiger charge is -2.08. The molecule has 1 fully saturated rings. The van der Waals surface area contributed by atoms with E-state index in [-0.39, 0.29) is 35.0 Å². The van der Waals surface area contributed by atoms with E-state index in [0.29, 0.717) is 19.4 Å². The summed E-state index contributed by atoms with van der Waals surface area (Å²) in [5.41, 5.74) is 1.12. The Morgan fingerprint density at radius 1 is 1.25 bits per heavy atom. The third-order valence-corrected chi connectivity index (χ3v) is 6.83. The van der Waals surface area contributed by atoms with Crippen LogP contribution in [0.5, 0.6) is 0 Å². The van der Waals surface area contributed by atoms with E-state index < -0.39 is 15.8 Å². The molecule has 1 aliphatic rings. The van der Waals surface area contributed by atoms with Crippen LogP contribution < -0.4 is 5.32 Å². The quantitative estimate of drug-likeness (QED) is 0.680. The first-order valence-electron chi connectivity index (χ1n) is 7.73. The van der Waals surface area contributed by atoms with Crippen molar-refractivity contribution >= 4 is 33.5 Å². The van der Waals surface area contributed by atoms with E-state index in [1.807, 2.05) is 30.3 Å². The number of hydrogen-bond donors (Lipinski definition) is 1. The van der Waals surface area contributed by atoms with Gasteiger partial charge in [0.05, 0.1) is 17.3 Å². The van der Waals surface area contributed by atoms with Crippen molar-refractivity contribution in [3.05, 3.63) is 35.9 Å². The highest BCUT2D eigenvalue weighted by molar-refractivity contribution is 8.02. The van der Waals surface area contributed by atoms with Gasteiger partial charge >= 0.3 is 5.97 Å². The van der Waals surface area contributed by atoms with Crippen LogP contribution in [0.1, 0.15) is 12.0 Å². The zero-order valence-corrected chi connectivity index (χ0v) is 14.9. The molecular weight excluding hydrogens is 350 g/mol. The van der Waals surface area contributed by atoms with Crippen LogP contribution in [0.3, 0.4) is 0 Å². The van der Waals surface area contributed by atoms with Crippen molar-refractivity contribution < 1.29 is 22.7 Å². The molecule has 0 saturated carbocycles. The molecule has 24 heavy (non-hydrogen) atoms. The number of ether oxygens (including phenoxy) is 1. The van der Waals surface area contributed by atoms with E-state index >= 15 is 0 Å². The minimum absolute atomic E-state index is 0.0535. The van der Waals surface area contributed by atoms with Crippen molar-refractivity contribution in [3.8, 4) is 0 Å². The molecule has 1 saturated heterocycles. The normalized spacial score (nSPS) is 18.9. The van der Waals surface area contributed by atoms with E-state index in [1.165, 1.54) is 11.8 Å². The molecule has 1 aromatic rings. The third kappa shape index (κ3) is 6.92. The van der Waals surface area contributed by atoms with Gasteiger partial charge in [0.15, 0.2) is 16.4 Å². The first-order valence-corrected chi connectivity index (χ1v) is 10.6. The first-order chi connectivity index (χ1) is 11.4. The number of esters is 1.